The lowest BCUT2D eigenvalue weighted by Crippen LogP contribution is -2.37. The number of amides is 1. The van der Waals surface area contributed by atoms with Crippen molar-refractivity contribution in [3.63, 3.8) is 0 Å². The number of anilines is 1. The van der Waals surface area contributed by atoms with Crippen LogP contribution in [0.1, 0.15) is 51.0 Å². The summed E-state index contributed by atoms with van der Waals surface area (Å²) < 4.78 is 19.0. The molecule has 0 aromatic heterocycles. The minimum absolute atomic E-state index is 0.0173. The lowest BCUT2D eigenvalue weighted by atomic mass is 9.86. The van der Waals surface area contributed by atoms with E-state index in [4.69, 9.17) is 16.3 Å². The largest absolute Gasteiger partial charge is 0.490 e. The number of carbonyl (C=O) groups excluding carboxylic acids is 1. The Morgan fingerprint density at radius 1 is 1.12 bits per heavy atom. The Morgan fingerprint density at radius 3 is 2.52 bits per heavy atom. The van der Waals surface area contributed by atoms with Gasteiger partial charge in [0.25, 0.3) is 0 Å². The van der Waals surface area contributed by atoms with Gasteiger partial charge in [-0.15, -0.1) is 0 Å². The molecule has 0 spiro atoms. The molecule has 2 aromatic carbocycles. The highest BCUT2D eigenvalue weighted by Crippen LogP contribution is 2.31. The van der Waals surface area contributed by atoms with E-state index >= 15 is 0 Å². The minimum Gasteiger partial charge on any atom is -0.490 e. The van der Waals surface area contributed by atoms with E-state index in [9.17, 15) is 9.18 Å². The molecule has 178 valence electrons. The first kappa shape index (κ1) is 24.0. The summed E-state index contributed by atoms with van der Waals surface area (Å²) in [6.45, 7) is 5.40. The Kier molecular flexibility index (Phi) is 7.92. The highest BCUT2D eigenvalue weighted by atomic mass is 35.5. The van der Waals surface area contributed by atoms with Gasteiger partial charge in [0.05, 0.1) is 6.10 Å². The first-order valence-electron chi connectivity index (χ1n) is 12.1. The van der Waals surface area contributed by atoms with Crippen LogP contribution in [0.2, 0.25) is 5.02 Å². The van der Waals surface area contributed by atoms with Crippen LogP contribution >= 0.6 is 11.6 Å². The number of ether oxygens (including phenoxy) is 1. The molecule has 2 aliphatic rings. The number of nitrogens with zero attached hydrogens (tertiary/aromatic N) is 2. The Hall–Kier alpha value is -2.11. The molecular formula is C27H34ClFN2O2. The fourth-order valence-corrected chi connectivity index (χ4v) is 5.31. The number of benzene rings is 2. The van der Waals surface area contributed by atoms with E-state index in [1.165, 1.54) is 25.0 Å². The molecule has 0 N–H and O–H groups in total. The third kappa shape index (κ3) is 6.27. The van der Waals surface area contributed by atoms with Gasteiger partial charge in [-0.3, -0.25) is 9.69 Å². The number of halogens is 2. The summed E-state index contributed by atoms with van der Waals surface area (Å²) in [6, 6.07) is 12.1. The van der Waals surface area contributed by atoms with E-state index in [0.29, 0.717) is 5.75 Å². The standard InChI is InChI=1S/C27H34ClFN2O2/c1-19-4-3-15-31(17-19)18-21-5-10-23(16-26(21)28)30(2)27(32)20-6-11-24(12-7-20)33-25-13-8-22(29)9-14-25/h5,8-10,13-14,16,19-20,24H,3-4,6-7,11-12,15,17-18H2,1-2H3/t19-,20?,24?/m1/s1. The molecule has 0 unspecified atom stereocenters. The van der Waals surface area contributed by atoms with Gasteiger partial charge in [-0.25, -0.2) is 4.39 Å². The predicted octanol–water partition coefficient (Wildman–Crippen LogP) is 6.31. The van der Waals surface area contributed by atoms with Gasteiger partial charge in [0.2, 0.25) is 5.91 Å². The number of rotatable bonds is 6. The average molecular weight is 473 g/mol. The second kappa shape index (κ2) is 10.9. The van der Waals surface area contributed by atoms with E-state index in [2.05, 4.69) is 17.9 Å². The van der Waals surface area contributed by atoms with Crippen LogP contribution in [0.3, 0.4) is 0 Å². The average Bonchev–Trinajstić information content (AvgIpc) is 2.81. The van der Waals surface area contributed by atoms with Crippen LogP contribution in [-0.4, -0.2) is 37.0 Å². The Bertz CT molecular complexity index is 944. The first-order chi connectivity index (χ1) is 15.9. The fourth-order valence-electron chi connectivity index (χ4n) is 5.08. The van der Waals surface area contributed by atoms with Gasteiger partial charge in [-0.05, 0) is 92.9 Å². The molecule has 0 radical (unpaired) electrons. The molecule has 33 heavy (non-hydrogen) atoms. The van der Waals surface area contributed by atoms with Crippen LogP contribution < -0.4 is 9.64 Å². The van der Waals surface area contributed by atoms with Crippen LogP contribution in [0.25, 0.3) is 0 Å². The van der Waals surface area contributed by atoms with Crippen molar-refractivity contribution in [2.45, 2.75) is 58.1 Å². The molecule has 0 bridgehead atoms. The maximum absolute atomic E-state index is 13.1. The van der Waals surface area contributed by atoms with Gasteiger partial charge in [-0.2, -0.15) is 0 Å². The van der Waals surface area contributed by atoms with Crippen molar-refractivity contribution < 1.29 is 13.9 Å². The molecule has 2 aromatic rings. The smallest absolute Gasteiger partial charge is 0.229 e. The molecule has 6 heteroatoms. The number of carbonyl (C=O) groups is 1. The second-order valence-corrected chi connectivity index (χ2v) is 10.1. The van der Waals surface area contributed by atoms with Crippen molar-refractivity contribution in [1.29, 1.82) is 0 Å². The van der Waals surface area contributed by atoms with E-state index in [1.54, 1.807) is 17.0 Å². The van der Waals surface area contributed by atoms with Gasteiger partial charge >= 0.3 is 0 Å². The molecule has 4 nitrogen and oxygen atoms in total. The molecule has 1 heterocycles. The normalized spacial score (nSPS) is 23.8. The van der Waals surface area contributed by atoms with Gasteiger partial charge in [0, 0.05) is 36.8 Å². The van der Waals surface area contributed by atoms with Crippen molar-refractivity contribution >= 4 is 23.2 Å². The summed E-state index contributed by atoms with van der Waals surface area (Å²) in [6.07, 6.45) is 5.81. The zero-order valence-electron chi connectivity index (χ0n) is 19.6. The van der Waals surface area contributed by atoms with Crippen LogP contribution in [0.4, 0.5) is 10.1 Å². The molecule has 1 aliphatic carbocycles. The van der Waals surface area contributed by atoms with Gasteiger partial charge < -0.3 is 9.64 Å². The quantitative estimate of drug-likeness (QED) is 0.493. The molecule has 1 saturated carbocycles. The number of hydrogen-bond acceptors (Lipinski definition) is 3. The SMILES string of the molecule is C[C@@H]1CCCN(Cc2ccc(N(C)C(=O)C3CCC(Oc4ccc(F)cc4)CC3)cc2Cl)C1. The number of piperidine rings is 1. The third-order valence-corrected chi connectivity index (χ3v) is 7.38. The van der Waals surface area contributed by atoms with Crippen molar-refractivity contribution in [1.82, 2.24) is 4.90 Å². The predicted molar refractivity (Wildman–Crippen MR) is 131 cm³/mol. The summed E-state index contributed by atoms with van der Waals surface area (Å²) in [4.78, 5) is 17.4. The van der Waals surface area contributed by atoms with Crippen LogP contribution in [-0.2, 0) is 11.3 Å². The maximum Gasteiger partial charge on any atom is 0.229 e. The minimum atomic E-state index is -0.270. The van der Waals surface area contributed by atoms with Crippen LogP contribution in [0.5, 0.6) is 5.75 Å². The molecule has 1 aliphatic heterocycles. The zero-order chi connectivity index (χ0) is 23.4. The molecule has 1 atom stereocenters. The highest BCUT2D eigenvalue weighted by molar-refractivity contribution is 6.31. The monoisotopic (exact) mass is 472 g/mol. The Morgan fingerprint density at radius 2 is 1.85 bits per heavy atom. The number of hydrogen-bond donors (Lipinski definition) is 0. The highest BCUT2D eigenvalue weighted by Gasteiger charge is 2.30. The molecule has 2 fully saturated rings. The van der Waals surface area contributed by atoms with Gasteiger partial charge in [0.1, 0.15) is 11.6 Å². The van der Waals surface area contributed by atoms with E-state index in [1.807, 2.05) is 19.2 Å². The van der Waals surface area contributed by atoms with Crippen molar-refractivity contribution in [3.05, 3.63) is 58.9 Å². The Labute approximate surface area is 201 Å². The molecule has 1 amide bonds. The lowest BCUT2D eigenvalue weighted by Gasteiger charge is -2.32. The van der Waals surface area contributed by atoms with Gasteiger partial charge in [0.15, 0.2) is 0 Å². The van der Waals surface area contributed by atoms with Crippen LogP contribution in [0.15, 0.2) is 42.5 Å². The van der Waals surface area contributed by atoms with Gasteiger partial charge in [-0.1, -0.05) is 24.6 Å². The molecular weight excluding hydrogens is 439 g/mol. The summed E-state index contributed by atoms with van der Waals surface area (Å²) in [5, 5.41) is 0.724. The zero-order valence-corrected chi connectivity index (χ0v) is 20.4. The van der Waals surface area contributed by atoms with Crippen molar-refractivity contribution in [3.8, 4) is 5.75 Å². The maximum atomic E-state index is 13.1. The molecule has 4 rings (SSSR count). The third-order valence-electron chi connectivity index (χ3n) is 7.03. The van der Waals surface area contributed by atoms with Crippen LogP contribution in [0, 0.1) is 17.7 Å². The summed E-state index contributed by atoms with van der Waals surface area (Å²) in [5.74, 6) is 1.25. The summed E-state index contributed by atoms with van der Waals surface area (Å²) >= 11 is 6.62. The Balaban J connectivity index is 1.30. The van der Waals surface area contributed by atoms with E-state index < -0.39 is 0 Å². The number of likely N-dealkylation sites (tertiary alicyclic amines) is 1. The van der Waals surface area contributed by atoms with E-state index in [0.717, 1.165) is 67.5 Å². The second-order valence-electron chi connectivity index (χ2n) is 9.70. The summed E-state index contributed by atoms with van der Waals surface area (Å²) in [7, 11) is 1.83. The summed E-state index contributed by atoms with van der Waals surface area (Å²) in [5.41, 5.74) is 1.96. The van der Waals surface area contributed by atoms with Crippen molar-refractivity contribution in [2.24, 2.45) is 11.8 Å². The fraction of sp³-hybridized carbons (Fsp3) is 0.519. The molecule has 1 saturated heterocycles. The van der Waals surface area contributed by atoms with Crippen molar-refractivity contribution in [2.75, 3.05) is 25.0 Å². The first-order valence-corrected chi connectivity index (χ1v) is 12.5. The van der Waals surface area contributed by atoms with E-state index in [-0.39, 0.29) is 23.7 Å². The lowest BCUT2D eigenvalue weighted by molar-refractivity contribution is -0.123. The topological polar surface area (TPSA) is 32.8 Å².